The number of hydrogen-bond acceptors (Lipinski definition) is 2. The number of nitrogens with one attached hydrogen (secondary N) is 2. The monoisotopic (exact) mass is 283 g/mol. The van der Waals surface area contributed by atoms with Gasteiger partial charge in [0.05, 0.1) is 12.2 Å². The van der Waals surface area contributed by atoms with Crippen LogP contribution in [0.2, 0.25) is 0 Å². The molecule has 3 nitrogen and oxygen atoms in total. The van der Waals surface area contributed by atoms with Gasteiger partial charge in [0.2, 0.25) is 0 Å². The van der Waals surface area contributed by atoms with E-state index < -0.39 is 0 Å². The molecule has 0 saturated heterocycles. The molecule has 21 heavy (non-hydrogen) atoms. The zero-order valence-corrected chi connectivity index (χ0v) is 13.1. The van der Waals surface area contributed by atoms with Gasteiger partial charge in [0, 0.05) is 17.3 Å². The van der Waals surface area contributed by atoms with Crippen LogP contribution in [0.25, 0.3) is 11.3 Å². The summed E-state index contributed by atoms with van der Waals surface area (Å²) in [6.07, 6.45) is 6.43. The Kier molecular flexibility index (Phi) is 4.39. The highest BCUT2D eigenvalue weighted by Crippen LogP contribution is 2.22. The summed E-state index contributed by atoms with van der Waals surface area (Å²) in [7, 11) is 0. The van der Waals surface area contributed by atoms with Crippen molar-refractivity contribution in [2.24, 2.45) is 0 Å². The molecule has 1 aromatic heterocycles. The van der Waals surface area contributed by atoms with Gasteiger partial charge in [0.25, 0.3) is 0 Å². The number of aromatic amines is 1. The number of benzene rings is 1. The molecule has 1 aliphatic rings. The van der Waals surface area contributed by atoms with Gasteiger partial charge in [0.1, 0.15) is 5.82 Å². The molecule has 112 valence electrons. The van der Waals surface area contributed by atoms with E-state index in [1.54, 1.807) is 0 Å². The van der Waals surface area contributed by atoms with Crippen LogP contribution in [-0.2, 0) is 13.0 Å². The van der Waals surface area contributed by atoms with Crippen LogP contribution in [0.5, 0.6) is 0 Å². The van der Waals surface area contributed by atoms with E-state index in [-0.39, 0.29) is 0 Å². The predicted molar refractivity (Wildman–Crippen MR) is 87.2 cm³/mol. The summed E-state index contributed by atoms with van der Waals surface area (Å²) in [5, 5.41) is 3.61. The molecule has 0 amide bonds. The zero-order valence-electron chi connectivity index (χ0n) is 13.1. The minimum Gasteiger partial charge on any atom is -0.344 e. The number of nitrogens with zero attached hydrogens (tertiary/aromatic N) is 1. The lowest BCUT2D eigenvalue weighted by Gasteiger charge is -2.09. The maximum atomic E-state index is 4.78. The molecule has 2 aromatic rings. The molecule has 1 aromatic carbocycles. The number of aromatic nitrogens is 2. The number of H-pyrrole nitrogens is 1. The van der Waals surface area contributed by atoms with Gasteiger partial charge in [-0.3, -0.25) is 0 Å². The van der Waals surface area contributed by atoms with Gasteiger partial charge in [0.15, 0.2) is 0 Å². The van der Waals surface area contributed by atoms with Crippen molar-refractivity contribution >= 4 is 0 Å². The summed E-state index contributed by atoms with van der Waals surface area (Å²) in [5.41, 5.74) is 4.81. The van der Waals surface area contributed by atoms with Gasteiger partial charge >= 0.3 is 0 Å². The standard InChI is InChI=1S/C18H25N3/c1-3-14-8-10-15(11-9-14)18-13(2)20-17(21-18)12-19-16-6-4-5-7-16/h8-11,16,19H,3-7,12H2,1-2H3,(H,20,21). The molecule has 3 heteroatoms. The molecule has 0 spiro atoms. The van der Waals surface area contributed by atoms with Crippen LogP contribution in [0.15, 0.2) is 24.3 Å². The average molecular weight is 283 g/mol. The Labute approximate surface area is 127 Å². The molecule has 0 unspecified atom stereocenters. The highest BCUT2D eigenvalue weighted by molar-refractivity contribution is 5.62. The first kappa shape index (κ1) is 14.3. The fourth-order valence-corrected chi connectivity index (χ4v) is 3.16. The average Bonchev–Trinajstić information content (AvgIpc) is 3.15. The predicted octanol–water partition coefficient (Wildman–Crippen LogP) is 3.98. The fourth-order valence-electron chi connectivity index (χ4n) is 3.16. The molecule has 1 saturated carbocycles. The number of rotatable bonds is 5. The van der Waals surface area contributed by atoms with Crippen molar-refractivity contribution in [1.29, 1.82) is 0 Å². The van der Waals surface area contributed by atoms with Crippen molar-refractivity contribution in [3.63, 3.8) is 0 Å². The number of imidazole rings is 1. The van der Waals surface area contributed by atoms with Crippen molar-refractivity contribution in [2.45, 2.75) is 58.5 Å². The first-order chi connectivity index (χ1) is 10.3. The maximum absolute atomic E-state index is 4.78. The van der Waals surface area contributed by atoms with Gasteiger partial charge in [-0.05, 0) is 31.7 Å². The highest BCUT2D eigenvalue weighted by Gasteiger charge is 2.15. The van der Waals surface area contributed by atoms with E-state index in [1.807, 2.05) is 0 Å². The van der Waals surface area contributed by atoms with Gasteiger partial charge < -0.3 is 10.3 Å². The van der Waals surface area contributed by atoms with Crippen molar-refractivity contribution in [3.8, 4) is 11.3 Å². The fraction of sp³-hybridized carbons (Fsp3) is 0.500. The summed E-state index contributed by atoms with van der Waals surface area (Å²) in [5.74, 6) is 1.05. The third-order valence-electron chi connectivity index (χ3n) is 4.48. The van der Waals surface area contributed by atoms with E-state index in [0.29, 0.717) is 6.04 Å². The second-order valence-electron chi connectivity index (χ2n) is 6.07. The summed E-state index contributed by atoms with van der Waals surface area (Å²) in [6, 6.07) is 9.43. The Morgan fingerprint density at radius 1 is 1.19 bits per heavy atom. The zero-order chi connectivity index (χ0) is 14.7. The topological polar surface area (TPSA) is 40.7 Å². The summed E-state index contributed by atoms with van der Waals surface area (Å²) < 4.78 is 0. The van der Waals surface area contributed by atoms with E-state index in [4.69, 9.17) is 4.98 Å². The first-order valence-corrected chi connectivity index (χ1v) is 8.14. The van der Waals surface area contributed by atoms with E-state index in [0.717, 1.165) is 30.2 Å². The first-order valence-electron chi connectivity index (χ1n) is 8.14. The Hall–Kier alpha value is -1.61. The quantitative estimate of drug-likeness (QED) is 0.871. The van der Waals surface area contributed by atoms with Gasteiger partial charge in [-0.1, -0.05) is 44.0 Å². The van der Waals surface area contributed by atoms with Crippen LogP contribution < -0.4 is 5.32 Å². The third-order valence-corrected chi connectivity index (χ3v) is 4.48. The maximum Gasteiger partial charge on any atom is 0.121 e. The van der Waals surface area contributed by atoms with Gasteiger partial charge in [-0.25, -0.2) is 4.98 Å². The molecule has 0 radical (unpaired) electrons. The van der Waals surface area contributed by atoms with Crippen LogP contribution in [0.4, 0.5) is 0 Å². The lowest BCUT2D eigenvalue weighted by molar-refractivity contribution is 0.515. The van der Waals surface area contributed by atoms with E-state index >= 15 is 0 Å². The van der Waals surface area contributed by atoms with E-state index in [2.05, 4.69) is 48.4 Å². The smallest absolute Gasteiger partial charge is 0.121 e. The van der Waals surface area contributed by atoms with Crippen LogP contribution in [0.3, 0.4) is 0 Å². The minimum absolute atomic E-state index is 0.683. The molecule has 0 aliphatic heterocycles. The van der Waals surface area contributed by atoms with Crippen molar-refractivity contribution in [2.75, 3.05) is 0 Å². The second kappa shape index (κ2) is 6.44. The Morgan fingerprint density at radius 3 is 2.57 bits per heavy atom. The largest absolute Gasteiger partial charge is 0.344 e. The summed E-state index contributed by atoms with van der Waals surface area (Å²) >= 11 is 0. The van der Waals surface area contributed by atoms with E-state index in [9.17, 15) is 0 Å². The number of aryl methyl sites for hydroxylation is 2. The van der Waals surface area contributed by atoms with Crippen LogP contribution in [-0.4, -0.2) is 16.0 Å². The van der Waals surface area contributed by atoms with Gasteiger partial charge in [-0.2, -0.15) is 0 Å². The van der Waals surface area contributed by atoms with Crippen molar-refractivity contribution < 1.29 is 0 Å². The molecule has 2 N–H and O–H groups in total. The normalized spacial score (nSPS) is 15.7. The lowest BCUT2D eigenvalue weighted by Crippen LogP contribution is -2.25. The van der Waals surface area contributed by atoms with Crippen LogP contribution in [0.1, 0.15) is 49.7 Å². The summed E-state index contributed by atoms with van der Waals surface area (Å²) in [6.45, 7) is 5.13. The Bertz CT molecular complexity index is 577. The van der Waals surface area contributed by atoms with Crippen LogP contribution >= 0.6 is 0 Å². The molecule has 0 atom stereocenters. The second-order valence-corrected chi connectivity index (χ2v) is 6.07. The third kappa shape index (κ3) is 3.35. The molecule has 1 heterocycles. The van der Waals surface area contributed by atoms with Crippen molar-refractivity contribution in [1.82, 2.24) is 15.3 Å². The van der Waals surface area contributed by atoms with Gasteiger partial charge in [-0.15, -0.1) is 0 Å². The minimum atomic E-state index is 0.683. The summed E-state index contributed by atoms with van der Waals surface area (Å²) in [4.78, 5) is 8.20. The lowest BCUT2D eigenvalue weighted by atomic mass is 10.1. The number of hydrogen-bond donors (Lipinski definition) is 2. The molecule has 1 aliphatic carbocycles. The molecular formula is C18H25N3. The molecular weight excluding hydrogens is 258 g/mol. The molecule has 0 bridgehead atoms. The molecule has 1 fully saturated rings. The molecule has 3 rings (SSSR count). The SMILES string of the molecule is CCc1ccc(-c2nc(CNC3CCCC3)[nH]c2C)cc1. The Morgan fingerprint density at radius 2 is 1.90 bits per heavy atom. The Balaban J connectivity index is 1.70. The van der Waals surface area contributed by atoms with E-state index in [1.165, 1.54) is 36.8 Å². The highest BCUT2D eigenvalue weighted by atomic mass is 15.0. The van der Waals surface area contributed by atoms with Crippen molar-refractivity contribution in [3.05, 3.63) is 41.3 Å². The van der Waals surface area contributed by atoms with Crippen LogP contribution in [0, 0.1) is 6.92 Å².